The molecule has 0 bridgehead atoms. The number of carbonyl (C=O) groups is 1. The van der Waals surface area contributed by atoms with E-state index in [4.69, 9.17) is 0 Å². The van der Waals surface area contributed by atoms with Gasteiger partial charge in [-0.2, -0.15) is 0 Å². The van der Waals surface area contributed by atoms with Crippen molar-refractivity contribution < 1.29 is 4.79 Å². The maximum atomic E-state index is 11.1. The lowest BCUT2D eigenvalue weighted by molar-refractivity contribution is -0.115. The highest BCUT2D eigenvalue weighted by Crippen LogP contribution is 2.24. The van der Waals surface area contributed by atoms with E-state index in [1.807, 2.05) is 6.92 Å². The fourth-order valence-corrected chi connectivity index (χ4v) is 1.87. The maximum absolute atomic E-state index is 11.1. The summed E-state index contributed by atoms with van der Waals surface area (Å²) in [5.74, 6) is 0.903. The topological polar surface area (TPSA) is 17.1 Å². The number of halogens is 1. The molecule has 62 valence electrons. The van der Waals surface area contributed by atoms with E-state index in [2.05, 4.69) is 28.7 Å². The zero-order valence-corrected chi connectivity index (χ0v) is 8.93. The summed E-state index contributed by atoms with van der Waals surface area (Å²) in [4.78, 5) is 11.1. The minimum atomic E-state index is 0.350. The summed E-state index contributed by atoms with van der Waals surface area (Å²) in [7, 11) is 0. The van der Waals surface area contributed by atoms with Gasteiger partial charge in [-0.15, -0.1) is 0 Å². The molecule has 0 amide bonds. The Morgan fingerprint density at radius 3 is 2.91 bits per heavy atom. The molecule has 0 spiro atoms. The predicted octanol–water partition coefficient (Wildman–Crippen LogP) is 2.74. The van der Waals surface area contributed by atoms with Crippen LogP contribution in [0.5, 0.6) is 0 Å². The molecule has 0 saturated heterocycles. The summed E-state index contributed by atoms with van der Waals surface area (Å²) in [6, 6.07) is 0. The molecule has 1 nitrogen and oxygen atoms in total. The minimum absolute atomic E-state index is 0.350. The van der Waals surface area contributed by atoms with E-state index < -0.39 is 0 Å². The largest absolute Gasteiger partial charge is 0.295 e. The van der Waals surface area contributed by atoms with Crippen LogP contribution in [-0.2, 0) is 4.79 Å². The van der Waals surface area contributed by atoms with Crippen molar-refractivity contribution in [2.24, 2.45) is 5.92 Å². The van der Waals surface area contributed by atoms with Crippen LogP contribution in [0.1, 0.15) is 26.2 Å². The quantitative estimate of drug-likeness (QED) is 0.566. The van der Waals surface area contributed by atoms with Gasteiger partial charge in [-0.25, -0.2) is 0 Å². The van der Waals surface area contributed by atoms with E-state index >= 15 is 0 Å². The third-order valence-corrected chi connectivity index (χ3v) is 2.84. The number of Topliss-reactive ketones (excluding diaryl/α,β-unsaturated/α-hetero) is 1. The molecule has 0 radical (unpaired) electrons. The van der Waals surface area contributed by atoms with Crippen molar-refractivity contribution in [2.75, 3.05) is 4.43 Å². The summed E-state index contributed by atoms with van der Waals surface area (Å²) < 4.78 is 1.20. The molecular weight excluding hydrogens is 251 g/mol. The van der Waals surface area contributed by atoms with Gasteiger partial charge in [0.25, 0.3) is 0 Å². The summed E-state index contributed by atoms with van der Waals surface area (Å²) >= 11 is 2.38. The van der Waals surface area contributed by atoms with Crippen molar-refractivity contribution in [3.05, 3.63) is 11.6 Å². The Balaban J connectivity index is 2.35. The van der Waals surface area contributed by atoms with Crippen LogP contribution in [-0.4, -0.2) is 10.2 Å². The summed E-state index contributed by atoms with van der Waals surface area (Å²) in [6.07, 6.45) is 5.32. The van der Waals surface area contributed by atoms with Crippen LogP contribution in [0.2, 0.25) is 0 Å². The van der Waals surface area contributed by atoms with E-state index in [0.29, 0.717) is 11.7 Å². The molecule has 0 heterocycles. The van der Waals surface area contributed by atoms with E-state index in [9.17, 15) is 4.79 Å². The molecule has 1 unspecified atom stereocenters. The first-order chi connectivity index (χ1) is 5.24. The Morgan fingerprint density at radius 1 is 1.73 bits per heavy atom. The summed E-state index contributed by atoms with van der Waals surface area (Å²) in [6.45, 7) is 1.92. The van der Waals surface area contributed by atoms with Crippen LogP contribution in [0.4, 0.5) is 0 Å². The molecule has 0 saturated carbocycles. The van der Waals surface area contributed by atoms with Gasteiger partial charge < -0.3 is 0 Å². The Kier molecular flexibility index (Phi) is 3.55. The molecule has 0 N–H and O–H groups in total. The molecule has 1 atom stereocenters. The number of ketones is 1. The molecule has 0 fully saturated rings. The molecule has 1 rings (SSSR count). The third-order valence-electron chi connectivity index (χ3n) is 2.08. The van der Waals surface area contributed by atoms with Crippen molar-refractivity contribution >= 4 is 28.4 Å². The Labute approximate surface area is 81.4 Å². The van der Waals surface area contributed by atoms with Gasteiger partial charge in [0.15, 0.2) is 5.78 Å². The van der Waals surface area contributed by atoms with Crippen LogP contribution in [0.3, 0.4) is 0 Å². The molecule has 0 aromatic rings. The van der Waals surface area contributed by atoms with Crippen LogP contribution < -0.4 is 0 Å². The van der Waals surface area contributed by atoms with E-state index in [1.165, 1.54) is 17.3 Å². The Hall–Kier alpha value is 0.140. The smallest absolute Gasteiger partial charge is 0.158 e. The molecule has 2 heteroatoms. The zero-order chi connectivity index (χ0) is 8.27. The van der Waals surface area contributed by atoms with Gasteiger partial charge in [0.1, 0.15) is 0 Å². The maximum Gasteiger partial charge on any atom is 0.158 e. The lowest BCUT2D eigenvalue weighted by atomic mass is 10.0. The molecule has 1 aliphatic carbocycles. The Morgan fingerprint density at radius 2 is 2.45 bits per heavy atom. The molecule has 0 aromatic carbocycles. The fourth-order valence-electron chi connectivity index (χ4n) is 1.43. The van der Waals surface area contributed by atoms with Gasteiger partial charge in [-0.1, -0.05) is 28.7 Å². The number of alkyl halides is 1. The van der Waals surface area contributed by atoms with Crippen LogP contribution >= 0.6 is 22.6 Å². The number of allylic oxidation sites excluding steroid dienone is 2. The third kappa shape index (κ3) is 2.58. The van der Waals surface area contributed by atoms with Crippen molar-refractivity contribution in [3.8, 4) is 0 Å². The lowest BCUT2D eigenvalue weighted by Gasteiger charge is -2.02. The molecular formula is C9H13IO. The average molecular weight is 264 g/mol. The number of carbonyl (C=O) groups excluding carboxylic acids is 1. The summed E-state index contributed by atoms with van der Waals surface area (Å²) in [5, 5.41) is 0. The molecule has 1 aliphatic rings. The monoisotopic (exact) mass is 264 g/mol. The van der Waals surface area contributed by atoms with Gasteiger partial charge in [0.05, 0.1) is 0 Å². The number of rotatable bonds is 3. The van der Waals surface area contributed by atoms with E-state index in [-0.39, 0.29) is 0 Å². The van der Waals surface area contributed by atoms with Crippen LogP contribution in [0, 0.1) is 5.92 Å². The second-order valence-corrected chi connectivity index (χ2v) is 4.15. The molecule has 0 aromatic heterocycles. The van der Waals surface area contributed by atoms with Crippen molar-refractivity contribution in [3.63, 3.8) is 0 Å². The first-order valence-electron chi connectivity index (χ1n) is 4.01. The highest BCUT2D eigenvalue weighted by molar-refractivity contribution is 14.1. The number of hydrogen-bond donors (Lipinski definition) is 0. The molecule has 11 heavy (non-hydrogen) atoms. The van der Waals surface area contributed by atoms with Crippen molar-refractivity contribution in [2.45, 2.75) is 26.2 Å². The predicted molar refractivity (Wildman–Crippen MR) is 55.0 cm³/mol. The van der Waals surface area contributed by atoms with Crippen LogP contribution in [0.25, 0.3) is 0 Å². The highest BCUT2D eigenvalue weighted by atomic mass is 127. The first kappa shape index (κ1) is 9.23. The van der Waals surface area contributed by atoms with Gasteiger partial charge in [-0.3, -0.25) is 4.79 Å². The second-order valence-electron chi connectivity index (χ2n) is 3.07. The zero-order valence-electron chi connectivity index (χ0n) is 6.77. The lowest BCUT2D eigenvalue weighted by Crippen LogP contribution is -1.97. The van der Waals surface area contributed by atoms with Crippen molar-refractivity contribution in [1.82, 2.24) is 0 Å². The SMILES string of the molecule is CC1=CC(CCCI)CC1=O. The fraction of sp³-hybridized carbons (Fsp3) is 0.667. The van der Waals surface area contributed by atoms with E-state index in [0.717, 1.165) is 12.0 Å². The van der Waals surface area contributed by atoms with Gasteiger partial charge in [0.2, 0.25) is 0 Å². The highest BCUT2D eigenvalue weighted by Gasteiger charge is 2.19. The van der Waals surface area contributed by atoms with Crippen LogP contribution in [0.15, 0.2) is 11.6 Å². The molecule has 0 aliphatic heterocycles. The second kappa shape index (κ2) is 4.24. The average Bonchev–Trinajstić information content (AvgIpc) is 2.28. The standard InChI is InChI=1S/C9H13IO/c1-7-5-8(3-2-4-10)6-9(7)11/h5,8H,2-4,6H2,1H3. The van der Waals surface area contributed by atoms with Crippen molar-refractivity contribution in [1.29, 1.82) is 0 Å². The summed E-state index contributed by atoms with van der Waals surface area (Å²) in [5.41, 5.74) is 0.975. The van der Waals surface area contributed by atoms with Gasteiger partial charge >= 0.3 is 0 Å². The Bertz CT molecular complexity index is 184. The minimum Gasteiger partial charge on any atom is -0.295 e. The van der Waals surface area contributed by atoms with E-state index in [1.54, 1.807) is 0 Å². The van der Waals surface area contributed by atoms with Gasteiger partial charge in [-0.05, 0) is 35.7 Å². The normalized spacial score (nSPS) is 24.0. The van der Waals surface area contributed by atoms with Gasteiger partial charge in [0, 0.05) is 6.42 Å². The number of hydrogen-bond acceptors (Lipinski definition) is 1. The first-order valence-corrected chi connectivity index (χ1v) is 5.54.